The van der Waals surface area contributed by atoms with E-state index in [2.05, 4.69) is 0 Å². The number of hydrogen-bond acceptors (Lipinski definition) is 2. The molecule has 2 N–H and O–H groups in total. The number of Topliss-reactive ketones (excluding diaryl/α,β-unsaturated/α-hetero) is 1. The number of hydrogen-bond donors (Lipinski definition) is 1. The first-order valence-electron chi connectivity index (χ1n) is 4.89. The number of aryl methyl sites for hydroxylation is 1. The van der Waals surface area contributed by atoms with E-state index in [0.717, 1.165) is 0 Å². The lowest BCUT2D eigenvalue weighted by atomic mass is 9.84. The van der Waals surface area contributed by atoms with E-state index in [9.17, 15) is 9.18 Å². The number of carbonyl (C=O) groups is 1. The monoisotopic (exact) mass is 209 g/mol. The van der Waals surface area contributed by atoms with E-state index in [-0.39, 0.29) is 18.1 Å². The van der Waals surface area contributed by atoms with E-state index in [1.165, 1.54) is 12.1 Å². The van der Waals surface area contributed by atoms with Crippen LogP contribution in [0.25, 0.3) is 0 Å². The molecule has 0 fully saturated rings. The molecular weight excluding hydrogens is 193 g/mol. The van der Waals surface area contributed by atoms with Crippen molar-refractivity contribution < 1.29 is 9.18 Å². The van der Waals surface area contributed by atoms with Gasteiger partial charge in [0.2, 0.25) is 0 Å². The molecule has 0 amide bonds. The normalized spacial score (nSPS) is 11.5. The Morgan fingerprint density at radius 3 is 2.53 bits per heavy atom. The summed E-state index contributed by atoms with van der Waals surface area (Å²) in [7, 11) is 0. The highest BCUT2D eigenvalue weighted by molar-refractivity contribution is 6.00. The zero-order chi connectivity index (χ0) is 11.6. The Hall–Kier alpha value is -1.22. The van der Waals surface area contributed by atoms with Gasteiger partial charge in [-0.15, -0.1) is 0 Å². The smallest absolute Gasteiger partial charge is 0.169 e. The number of halogens is 1. The van der Waals surface area contributed by atoms with Crippen LogP contribution in [0.2, 0.25) is 0 Å². The topological polar surface area (TPSA) is 43.1 Å². The second-order valence-electron chi connectivity index (χ2n) is 4.38. The van der Waals surface area contributed by atoms with E-state index in [0.29, 0.717) is 11.1 Å². The molecule has 3 heteroatoms. The minimum atomic E-state index is -0.593. The van der Waals surface area contributed by atoms with Crippen molar-refractivity contribution in [3.63, 3.8) is 0 Å². The quantitative estimate of drug-likeness (QED) is 0.776. The van der Waals surface area contributed by atoms with Crippen LogP contribution < -0.4 is 5.73 Å². The molecule has 0 aromatic heterocycles. The van der Waals surface area contributed by atoms with Crippen molar-refractivity contribution in [1.82, 2.24) is 0 Å². The number of benzene rings is 1. The van der Waals surface area contributed by atoms with Crippen molar-refractivity contribution in [2.24, 2.45) is 11.1 Å². The van der Waals surface area contributed by atoms with Crippen LogP contribution in [0.5, 0.6) is 0 Å². The number of rotatable bonds is 3. The predicted octanol–water partition coefficient (Wildman–Crippen LogP) is 2.30. The Morgan fingerprint density at radius 2 is 2.07 bits per heavy atom. The third-order valence-electron chi connectivity index (χ3n) is 2.55. The minimum Gasteiger partial charge on any atom is -0.329 e. The molecule has 15 heavy (non-hydrogen) atoms. The summed E-state index contributed by atoms with van der Waals surface area (Å²) in [5.74, 6) is -0.342. The SMILES string of the molecule is Cc1cc(C(=O)C(C)(C)CN)ccc1F. The molecule has 0 aliphatic heterocycles. The molecule has 0 saturated carbocycles. The van der Waals surface area contributed by atoms with Crippen LogP contribution >= 0.6 is 0 Å². The van der Waals surface area contributed by atoms with Gasteiger partial charge in [0.25, 0.3) is 0 Å². The first kappa shape index (κ1) is 11.9. The number of carbonyl (C=O) groups excluding carboxylic acids is 1. The second-order valence-corrected chi connectivity index (χ2v) is 4.38. The summed E-state index contributed by atoms with van der Waals surface area (Å²) >= 11 is 0. The highest BCUT2D eigenvalue weighted by Crippen LogP contribution is 2.21. The third-order valence-corrected chi connectivity index (χ3v) is 2.55. The molecule has 0 aliphatic carbocycles. The Balaban J connectivity index is 3.08. The van der Waals surface area contributed by atoms with Crippen molar-refractivity contribution in [3.05, 3.63) is 35.1 Å². The van der Waals surface area contributed by atoms with Gasteiger partial charge in [0.05, 0.1) is 0 Å². The van der Waals surface area contributed by atoms with Gasteiger partial charge in [0.15, 0.2) is 5.78 Å². The second kappa shape index (κ2) is 4.11. The molecule has 0 atom stereocenters. The van der Waals surface area contributed by atoms with E-state index in [4.69, 9.17) is 5.73 Å². The molecule has 0 heterocycles. The van der Waals surface area contributed by atoms with E-state index < -0.39 is 5.41 Å². The minimum absolute atomic E-state index is 0.0481. The van der Waals surface area contributed by atoms with Gasteiger partial charge in [-0.1, -0.05) is 13.8 Å². The van der Waals surface area contributed by atoms with Gasteiger partial charge in [0.1, 0.15) is 5.82 Å². The summed E-state index contributed by atoms with van der Waals surface area (Å²) in [5, 5.41) is 0. The molecule has 0 aliphatic rings. The van der Waals surface area contributed by atoms with Crippen LogP contribution in [0.3, 0.4) is 0 Å². The fourth-order valence-corrected chi connectivity index (χ4v) is 1.27. The Morgan fingerprint density at radius 1 is 1.47 bits per heavy atom. The maximum Gasteiger partial charge on any atom is 0.169 e. The largest absolute Gasteiger partial charge is 0.329 e. The summed E-state index contributed by atoms with van der Waals surface area (Å²) in [4.78, 5) is 12.0. The van der Waals surface area contributed by atoms with Crippen molar-refractivity contribution in [2.75, 3.05) is 6.54 Å². The molecule has 0 spiro atoms. The molecule has 2 nitrogen and oxygen atoms in total. The van der Waals surface area contributed by atoms with Crippen molar-refractivity contribution in [3.8, 4) is 0 Å². The fraction of sp³-hybridized carbons (Fsp3) is 0.417. The summed E-state index contributed by atoms with van der Waals surface area (Å²) in [6.45, 7) is 5.49. The summed E-state index contributed by atoms with van der Waals surface area (Å²) < 4.78 is 13.0. The summed E-state index contributed by atoms with van der Waals surface area (Å²) in [6.07, 6.45) is 0. The Kier molecular flexibility index (Phi) is 3.25. The highest BCUT2D eigenvalue weighted by atomic mass is 19.1. The average Bonchev–Trinajstić information content (AvgIpc) is 2.21. The van der Waals surface area contributed by atoms with Crippen LogP contribution in [-0.4, -0.2) is 12.3 Å². The van der Waals surface area contributed by atoms with Crippen LogP contribution in [-0.2, 0) is 0 Å². The van der Waals surface area contributed by atoms with Crippen molar-refractivity contribution in [2.45, 2.75) is 20.8 Å². The summed E-state index contributed by atoms with van der Waals surface area (Å²) in [5.41, 5.74) is 5.92. The molecule has 82 valence electrons. The molecule has 1 rings (SSSR count). The van der Waals surface area contributed by atoms with E-state index in [1.54, 1.807) is 26.8 Å². The van der Waals surface area contributed by atoms with Crippen LogP contribution in [0.15, 0.2) is 18.2 Å². The maximum atomic E-state index is 13.0. The number of ketones is 1. The third kappa shape index (κ3) is 2.42. The van der Waals surface area contributed by atoms with Crippen molar-refractivity contribution >= 4 is 5.78 Å². The molecule has 0 radical (unpaired) electrons. The van der Waals surface area contributed by atoms with E-state index in [1.807, 2.05) is 0 Å². The maximum absolute atomic E-state index is 13.0. The van der Waals surface area contributed by atoms with Crippen LogP contribution in [0.4, 0.5) is 4.39 Å². The highest BCUT2D eigenvalue weighted by Gasteiger charge is 2.27. The average molecular weight is 209 g/mol. The molecular formula is C12H16FNO. The van der Waals surface area contributed by atoms with Gasteiger partial charge in [0, 0.05) is 17.5 Å². The Bertz CT molecular complexity index is 385. The molecule has 0 unspecified atom stereocenters. The van der Waals surface area contributed by atoms with Crippen LogP contribution in [0.1, 0.15) is 29.8 Å². The lowest BCUT2D eigenvalue weighted by Gasteiger charge is -2.20. The molecule has 0 bridgehead atoms. The zero-order valence-electron chi connectivity index (χ0n) is 9.30. The fourth-order valence-electron chi connectivity index (χ4n) is 1.27. The zero-order valence-corrected chi connectivity index (χ0v) is 9.30. The van der Waals surface area contributed by atoms with Gasteiger partial charge in [-0.2, -0.15) is 0 Å². The first-order chi connectivity index (χ1) is 6.88. The van der Waals surface area contributed by atoms with Gasteiger partial charge in [-0.05, 0) is 30.7 Å². The predicted molar refractivity (Wildman–Crippen MR) is 58.3 cm³/mol. The van der Waals surface area contributed by atoms with Gasteiger partial charge < -0.3 is 5.73 Å². The molecule has 1 aromatic rings. The number of nitrogens with two attached hydrogens (primary N) is 1. The summed E-state index contributed by atoms with van der Waals surface area (Å²) in [6, 6.07) is 4.38. The van der Waals surface area contributed by atoms with Gasteiger partial charge in [-0.25, -0.2) is 4.39 Å². The van der Waals surface area contributed by atoms with Crippen LogP contribution in [0, 0.1) is 18.2 Å². The van der Waals surface area contributed by atoms with Gasteiger partial charge in [-0.3, -0.25) is 4.79 Å². The van der Waals surface area contributed by atoms with E-state index >= 15 is 0 Å². The standard InChI is InChI=1S/C12H16FNO/c1-8-6-9(4-5-10(8)13)11(15)12(2,3)7-14/h4-6H,7,14H2,1-3H3. The first-order valence-corrected chi connectivity index (χ1v) is 4.89. The van der Waals surface area contributed by atoms with Crippen molar-refractivity contribution in [1.29, 1.82) is 0 Å². The molecule has 1 aromatic carbocycles. The van der Waals surface area contributed by atoms with Gasteiger partial charge >= 0.3 is 0 Å². The Labute approximate surface area is 89.3 Å². The lowest BCUT2D eigenvalue weighted by molar-refractivity contribution is 0.0847. The molecule has 0 saturated heterocycles. The lowest BCUT2D eigenvalue weighted by Crippen LogP contribution is -2.32.